The molecule has 184 valence electrons. The summed E-state index contributed by atoms with van der Waals surface area (Å²) >= 11 is 6.23. The minimum absolute atomic E-state index is 0.300. The van der Waals surface area contributed by atoms with E-state index < -0.39 is 17.7 Å². The van der Waals surface area contributed by atoms with E-state index in [9.17, 15) is 9.59 Å². The zero-order valence-corrected chi connectivity index (χ0v) is 20.8. The number of hydrogen-bond donors (Lipinski definition) is 1. The van der Waals surface area contributed by atoms with E-state index in [1.165, 1.54) is 6.92 Å². The van der Waals surface area contributed by atoms with Crippen LogP contribution in [0.1, 0.15) is 34.6 Å². The van der Waals surface area contributed by atoms with Crippen molar-refractivity contribution in [3.8, 4) is 23.0 Å². The molecule has 1 amide bonds. The van der Waals surface area contributed by atoms with E-state index in [4.69, 9.17) is 30.5 Å². The van der Waals surface area contributed by atoms with Crippen LogP contribution in [0.3, 0.4) is 0 Å². The van der Waals surface area contributed by atoms with E-state index in [2.05, 4.69) is 15.5 Å². The molecule has 0 radical (unpaired) electrons. The summed E-state index contributed by atoms with van der Waals surface area (Å²) in [5.74, 6) is 0.425. The number of amides is 1. The Kier molecular flexibility index (Phi) is 10.6. The predicted molar refractivity (Wildman–Crippen MR) is 130 cm³/mol. The van der Waals surface area contributed by atoms with Crippen LogP contribution in [-0.4, -0.2) is 44.2 Å². The smallest absolute Gasteiger partial charge is 0.258 e. The minimum Gasteiger partial charge on any atom is -0.492 e. The normalized spacial score (nSPS) is 11.7. The highest BCUT2D eigenvalue weighted by Gasteiger charge is 2.25. The van der Waals surface area contributed by atoms with Crippen molar-refractivity contribution < 1.29 is 28.5 Å². The number of rotatable bonds is 13. The molecular formula is C24H30ClN3O6. The Balaban J connectivity index is 2.36. The standard InChI is InChI=1S/C24H30ClN3O6/c1-6-31-19-12-10-11-17(23(19)34-9-4)27-28-22(15(5)29)24(30)26-18-14-20(32-7-2)16(25)13-21(18)33-8-3/h10-14,22H,6-9H2,1-5H3,(H,26,30). The minimum atomic E-state index is -1.40. The fraction of sp³-hybridized carbons (Fsp3) is 0.417. The van der Waals surface area contributed by atoms with E-state index in [0.717, 1.165) is 0 Å². The van der Waals surface area contributed by atoms with Gasteiger partial charge in [0, 0.05) is 12.1 Å². The number of benzene rings is 2. The van der Waals surface area contributed by atoms with Gasteiger partial charge in [-0.25, -0.2) is 0 Å². The average Bonchev–Trinajstić information content (AvgIpc) is 2.79. The van der Waals surface area contributed by atoms with E-state index >= 15 is 0 Å². The molecule has 0 saturated carbocycles. The van der Waals surface area contributed by atoms with Crippen molar-refractivity contribution in [1.82, 2.24) is 0 Å². The zero-order valence-electron chi connectivity index (χ0n) is 20.0. The Morgan fingerprint density at radius 3 is 2.15 bits per heavy atom. The number of Topliss-reactive ketones (excluding diaryl/α,β-unsaturated/α-hetero) is 1. The van der Waals surface area contributed by atoms with Gasteiger partial charge in [-0.05, 0) is 46.8 Å². The van der Waals surface area contributed by atoms with Crippen molar-refractivity contribution in [3.63, 3.8) is 0 Å². The maximum Gasteiger partial charge on any atom is 0.258 e. The second-order valence-electron chi connectivity index (χ2n) is 6.83. The molecule has 0 spiro atoms. The number of ketones is 1. The second kappa shape index (κ2) is 13.4. The molecule has 2 rings (SSSR count). The molecule has 10 heteroatoms. The van der Waals surface area contributed by atoms with Crippen LogP contribution < -0.4 is 24.3 Å². The number of para-hydroxylation sites is 1. The average molecular weight is 492 g/mol. The second-order valence-corrected chi connectivity index (χ2v) is 7.24. The van der Waals surface area contributed by atoms with E-state index in [-0.39, 0.29) is 0 Å². The van der Waals surface area contributed by atoms with Gasteiger partial charge in [-0.3, -0.25) is 9.59 Å². The van der Waals surface area contributed by atoms with Crippen LogP contribution >= 0.6 is 11.6 Å². The molecule has 0 heterocycles. The summed E-state index contributed by atoms with van der Waals surface area (Å²) in [6, 6.07) is 6.82. The molecule has 1 atom stereocenters. The topological polar surface area (TPSA) is 108 Å². The summed E-state index contributed by atoms with van der Waals surface area (Å²) in [7, 11) is 0. The molecule has 0 saturated heterocycles. The Bertz CT molecular complexity index is 1030. The molecule has 1 N–H and O–H groups in total. The molecule has 0 aromatic heterocycles. The van der Waals surface area contributed by atoms with Gasteiger partial charge in [0.15, 0.2) is 17.3 Å². The van der Waals surface area contributed by atoms with Gasteiger partial charge in [0.25, 0.3) is 5.91 Å². The number of halogens is 1. The Hall–Kier alpha value is -3.33. The fourth-order valence-corrected chi connectivity index (χ4v) is 3.16. The SMILES string of the molecule is CCOc1cc(NC(=O)C(N=Nc2cccc(OCC)c2OCC)C(C)=O)c(OCC)cc1Cl. The van der Waals surface area contributed by atoms with E-state index in [0.29, 0.717) is 65.8 Å². The number of hydrogen-bond acceptors (Lipinski definition) is 8. The monoisotopic (exact) mass is 491 g/mol. The van der Waals surface area contributed by atoms with Gasteiger partial charge in [0.2, 0.25) is 6.04 Å². The number of nitrogens with zero attached hydrogens (tertiary/aromatic N) is 2. The summed E-state index contributed by atoms with van der Waals surface area (Å²) in [6.45, 7) is 10.1. The molecule has 2 aromatic rings. The third kappa shape index (κ3) is 7.08. The zero-order chi connectivity index (χ0) is 25.1. The highest BCUT2D eigenvalue weighted by molar-refractivity contribution is 6.32. The van der Waals surface area contributed by atoms with E-state index in [1.807, 2.05) is 20.8 Å². The maximum atomic E-state index is 13.0. The van der Waals surface area contributed by atoms with Crippen molar-refractivity contribution in [2.24, 2.45) is 10.2 Å². The van der Waals surface area contributed by atoms with Crippen molar-refractivity contribution in [2.45, 2.75) is 40.7 Å². The molecule has 0 fully saturated rings. The molecule has 0 bridgehead atoms. The molecule has 0 aliphatic heterocycles. The van der Waals surface area contributed by atoms with Crippen molar-refractivity contribution in [2.75, 3.05) is 31.7 Å². The molecule has 0 aliphatic carbocycles. The number of anilines is 1. The summed E-state index contributed by atoms with van der Waals surface area (Å²) in [6.07, 6.45) is 0. The molecule has 2 aromatic carbocycles. The van der Waals surface area contributed by atoms with Gasteiger partial charge in [0.05, 0.1) is 37.1 Å². The maximum absolute atomic E-state index is 13.0. The highest BCUT2D eigenvalue weighted by Crippen LogP contribution is 2.38. The molecule has 9 nitrogen and oxygen atoms in total. The van der Waals surface area contributed by atoms with Crippen LogP contribution in [0.5, 0.6) is 23.0 Å². The van der Waals surface area contributed by atoms with Crippen LogP contribution in [0.15, 0.2) is 40.6 Å². The summed E-state index contributed by atoms with van der Waals surface area (Å²) < 4.78 is 22.3. The first-order valence-corrected chi connectivity index (χ1v) is 11.4. The Morgan fingerprint density at radius 2 is 1.53 bits per heavy atom. The van der Waals surface area contributed by atoms with Gasteiger partial charge in [0.1, 0.15) is 17.2 Å². The van der Waals surface area contributed by atoms with Gasteiger partial charge in [-0.1, -0.05) is 17.7 Å². The first-order valence-electron chi connectivity index (χ1n) is 11.1. The van der Waals surface area contributed by atoms with Gasteiger partial charge >= 0.3 is 0 Å². The quantitative estimate of drug-likeness (QED) is 0.288. The van der Waals surface area contributed by atoms with Gasteiger partial charge in [-0.2, -0.15) is 10.2 Å². The Labute approximate surface area is 204 Å². The van der Waals surface area contributed by atoms with Crippen LogP contribution in [0.25, 0.3) is 0 Å². The lowest BCUT2D eigenvalue weighted by atomic mass is 10.2. The molecule has 1 unspecified atom stereocenters. The third-order valence-electron chi connectivity index (χ3n) is 4.35. The lowest BCUT2D eigenvalue weighted by Crippen LogP contribution is -2.32. The first kappa shape index (κ1) is 26.9. The van der Waals surface area contributed by atoms with Crippen molar-refractivity contribution in [3.05, 3.63) is 35.4 Å². The third-order valence-corrected chi connectivity index (χ3v) is 4.65. The number of ether oxygens (including phenoxy) is 4. The molecule has 34 heavy (non-hydrogen) atoms. The number of carbonyl (C=O) groups excluding carboxylic acids is 2. The highest BCUT2D eigenvalue weighted by atomic mass is 35.5. The summed E-state index contributed by atoms with van der Waals surface area (Å²) in [4.78, 5) is 25.3. The van der Waals surface area contributed by atoms with Crippen molar-refractivity contribution >= 4 is 34.7 Å². The number of azo groups is 1. The largest absolute Gasteiger partial charge is 0.492 e. The van der Waals surface area contributed by atoms with Crippen LogP contribution in [0.2, 0.25) is 5.02 Å². The van der Waals surface area contributed by atoms with Crippen LogP contribution in [-0.2, 0) is 9.59 Å². The summed E-state index contributed by atoms with van der Waals surface area (Å²) in [5, 5.41) is 11.2. The van der Waals surface area contributed by atoms with E-state index in [1.54, 1.807) is 37.3 Å². The number of carbonyl (C=O) groups is 2. The van der Waals surface area contributed by atoms with Crippen molar-refractivity contribution in [1.29, 1.82) is 0 Å². The van der Waals surface area contributed by atoms with Crippen LogP contribution in [0.4, 0.5) is 11.4 Å². The Morgan fingerprint density at radius 1 is 0.912 bits per heavy atom. The van der Waals surface area contributed by atoms with Gasteiger partial charge < -0.3 is 24.3 Å². The number of nitrogens with one attached hydrogen (secondary N) is 1. The van der Waals surface area contributed by atoms with Gasteiger partial charge in [-0.15, -0.1) is 0 Å². The van der Waals surface area contributed by atoms with Crippen LogP contribution in [0, 0.1) is 0 Å². The molecular weight excluding hydrogens is 462 g/mol. The fourth-order valence-electron chi connectivity index (χ4n) is 2.95. The predicted octanol–water partition coefficient (Wildman–Crippen LogP) is 5.61. The first-order chi connectivity index (χ1) is 16.4. The molecule has 0 aliphatic rings. The lowest BCUT2D eigenvalue weighted by molar-refractivity contribution is -0.126. The summed E-state index contributed by atoms with van der Waals surface area (Å²) in [5.41, 5.74) is 0.640. The lowest BCUT2D eigenvalue weighted by Gasteiger charge is -2.16.